The van der Waals surface area contributed by atoms with E-state index in [2.05, 4.69) is 5.32 Å². The second-order valence-electron chi connectivity index (χ2n) is 7.65. The maximum absolute atomic E-state index is 13.5. The molecule has 1 heterocycles. The van der Waals surface area contributed by atoms with Crippen molar-refractivity contribution in [2.75, 3.05) is 7.11 Å². The summed E-state index contributed by atoms with van der Waals surface area (Å²) in [6, 6.07) is 23.8. The Morgan fingerprint density at radius 1 is 0.941 bits per heavy atom. The number of para-hydroxylation sites is 1. The van der Waals surface area contributed by atoms with Gasteiger partial charge in [-0.25, -0.2) is 9.78 Å². The van der Waals surface area contributed by atoms with Crippen LogP contribution >= 0.6 is 0 Å². The minimum atomic E-state index is -1.01. The molecule has 0 saturated carbocycles. The lowest BCUT2D eigenvalue weighted by Crippen LogP contribution is -2.34. The third-order valence-corrected chi connectivity index (χ3v) is 5.42. The lowest BCUT2D eigenvalue weighted by Gasteiger charge is -2.18. The van der Waals surface area contributed by atoms with E-state index in [-0.39, 0.29) is 12.0 Å². The lowest BCUT2D eigenvalue weighted by atomic mass is 9.99. The molecule has 0 aliphatic heterocycles. The number of hydrogen-bond acceptors (Lipinski definition) is 5. The van der Waals surface area contributed by atoms with Gasteiger partial charge in [-0.1, -0.05) is 78.9 Å². The quantitative estimate of drug-likeness (QED) is 0.406. The zero-order valence-electron chi connectivity index (χ0n) is 18.4. The van der Waals surface area contributed by atoms with Crippen molar-refractivity contribution in [2.45, 2.75) is 12.5 Å². The number of esters is 1. The van der Waals surface area contributed by atoms with Crippen molar-refractivity contribution in [1.29, 1.82) is 0 Å². The fraction of sp³-hybridized carbons (Fsp3) is 0.111. The molecule has 1 amide bonds. The first-order valence-electron chi connectivity index (χ1n) is 10.6. The largest absolute Gasteiger partial charge is 0.481 e. The Kier molecular flexibility index (Phi) is 6.64. The van der Waals surface area contributed by atoms with Crippen molar-refractivity contribution in [3.05, 3.63) is 102 Å². The third-order valence-electron chi connectivity index (χ3n) is 5.42. The topological polar surface area (TPSA) is 106 Å². The van der Waals surface area contributed by atoms with Crippen molar-refractivity contribution in [2.24, 2.45) is 0 Å². The summed E-state index contributed by atoms with van der Waals surface area (Å²) in [5, 5.41) is 12.6. The maximum atomic E-state index is 13.5. The van der Waals surface area contributed by atoms with Gasteiger partial charge in [-0.15, -0.1) is 0 Å². The second kappa shape index (κ2) is 9.95. The summed E-state index contributed by atoms with van der Waals surface area (Å²) in [5.74, 6) is -2.11. The van der Waals surface area contributed by atoms with Crippen LogP contribution in [0.3, 0.4) is 0 Å². The van der Waals surface area contributed by atoms with Crippen LogP contribution in [0.2, 0.25) is 0 Å². The molecule has 0 aliphatic rings. The summed E-state index contributed by atoms with van der Waals surface area (Å²) in [7, 11) is 1.26. The maximum Gasteiger partial charge on any atom is 0.333 e. The number of pyridine rings is 1. The van der Waals surface area contributed by atoms with Gasteiger partial charge in [0.15, 0.2) is 6.04 Å². The Bertz CT molecular complexity index is 1350. The van der Waals surface area contributed by atoms with Gasteiger partial charge < -0.3 is 15.2 Å². The number of carboxylic acids is 1. The van der Waals surface area contributed by atoms with Gasteiger partial charge in [0.25, 0.3) is 5.91 Å². The molecule has 1 aromatic heterocycles. The zero-order valence-corrected chi connectivity index (χ0v) is 18.4. The number of methoxy groups -OCH3 is 1. The highest BCUT2D eigenvalue weighted by Crippen LogP contribution is 2.28. The highest BCUT2D eigenvalue weighted by Gasteiger charge is 2.25. The van der Waals surface area contributed by atoms with Gasteiger partial charge in [0, 0.05) is 10.9 Å². The first-order chi connectivity index (χ1) is 16.5. The second-order valence-corrected chi connectivity index (χ2v) is 7.65. The molecule has 1 unspecified atom stereocenters. The molecule has 7 nitrogen and oxygen atoms in total. The average molecular weight is 454 g/mol. The Balaban J connectivity index is 1.85. The summed E-state index contributed by atoms with van der Waals surface area (Å²) >= 11 is 0. The molecular formula is C27H22N2O5. The van der Waals surface area contributed by atoms with Gasteiger partial charge in [-0.3, -0.25) is 9.59 Å². The summed E-state index contributed by atoms with van der Waals surface area (Å²) < 4.78 is 4.92. The highest BCUT2D eigenvalue weighted by molar-refractivity contribution is 6.09. The number of ether oxygens (including phenoxy) is 1. The van der Waals surface area contributed by atoms with Crippen LogP contribution in [-0.2, 0) is 20.7 Å². The van der Waals surface area contributed by atoms with Gasteiger partial charge in [0.05, 0.1) is 30.3 Å². The number of nitrogens with zero attached hydrogens (tertiary/aromatic N) is 1. The molecule has 0 bridgehead atoms. The van der Waals surface area contributed by atoms with Gasteiger partial charge >= 0.3 is 11.9 Å². The number of nitrogens with one attached hydrogen (secondary N) is 1. The van der Waals surface area contributed by atoms with E-state index in [4.69, 9.17) is 9.72 Å². The molecule has 4 rings (SSSR count). The number of hydrogen-bond donors (Lipinski definition) is 2. The summed E-state index contributed by atoms with van der Waals surface area (Å²) in [6.45, 7) is 0. The molecule has 1 atom stereocenters. The zero-order chi connectivity index (χ0) is 24.1. The monoisotopic (exact) mass is 454 g/mol. The normalized spacial score (nSPS) is 11.6. The Hall–Kier alpha value is -4.52. The molecule has 0 aliphatic carbocycles. The van der Waals surface area contributed by atoms with Crippen molar-refractivity contribution in [3.63, 3.8) is 0 Å². The minimum absolute atomic E-state index is 0.238. The number of benzene rings is 3. The molecular weight excluding hydrogens is 432 g/mol. The van der Waals surface area contributed by atoms with Crippen LogP contribution in [0.15, 0.2) is 84.9 Å². The van der Waals surface area contributed by atoms with Crippen LogP contribution in [0, 0.1) is 0 Å². The molecule has 0 radical (unpaired) electrons. The van der Waals surface area contributed by atoms with Gasteiger partial charge in [-0.2, -0.15) is 0 Å². The number of carbonyl (C=O) groups is 3. The fourth-order valence-corrected chi connectivity index (χ4v) is 3.81. The molecule has 170 valence electrons. The number of carbonyl (C=O) groups excluding carboxylic acids is 2. The van der Waals surface area contributed by atoms with Crippen LogP contribution in [-0.4, -0.2) is 35.0 Å². The Morgan fingerprint density at radius 3 is 2.26 bits per heavy atom. The number of aliphatic carboxylic acids is 1. The van der Waals surface area contributed by atoms with E-state index in [9.17, 15) is 19.5 Å². The van der Waals surface area contributed by atoms with E-state index < -0.39 is 23.9 Å². The fourth-order valence-electron chi connectivity index (χ4n) is 3.81. The molecule has 3 aromatic carbocycles. The number of carboxylic acid groups (broad SMARTS) is 1. The van der Waals surface area contributed by atoms with Crippen molar-refractivity contribution in [1.82, 2.24) is 10.3 Å². The van der Waals surface area contributed by atoms with E-state index in [1.165, 1.54) is 7.11 Å². The molecule has 0 saturated heterocycles. The first-order valence-corrected chi connectivity index (χ1v) is 10.6. The SMILES string of the molecule is COC(=O)C(NC(=O)c1cc(-c2ccccc2)nc2c(CC(=O)O)cccc12)c1ccccc1. The highest BCUT2D eigenvalue weighted by atomic mass is 16.5. The predicted octanol–water partition coefficient (Wildman–Crippen LogP) is 4.17. The van der Waals surface area contributed by atoms with Crippen molar-refractivity contribution >= 4 is 28.7 Å². The number of aromatic nitrogens is 1. The average Bonchev–Trinajstić information content (AvgIpc) is 2.87. The lowest BCUT2D eigenvalue weighted by molar-refractivity contribution is -0.143. The van der Waals surface area contributed by atoms with Crippen molar-refractivity contribution in [3.8, 4) is 11.3 Å². The van der Waals surface area contributed by atoms with Crippen LogP contribution in [0.5, 0.6) is 0 Å². The van der Waals surface area contributed by atoms with Gasteiger partial charge in [0.2, 0.25) is 0 Å². The van der Waals surface area contributed by atoms with Crippen LogP contribution in [0.1, 0.15) is 27.5 Å². The molecule has 0 fully saturated rings. The number of amides is 1. The smallest absolute Gasteiger partial charge is 0.333 e. The number of fused-ring (bicyclic) bond motifs is 1. The van der Waals surface area contributed by atoms with Crippen LogP contribution in [0.25, 0.3) is 22.2 Å². The van der Waals surface area contributed by atoms with Crippen molar-refractivity contribution < 1.29 is 24.2 Å². The van der Waals surface area contributed by atoms with E-state index in [1.54, 1.807) is 48.5 Å². The van der Waals surface area contributed by atoms with Gasteiger partial charge in [0.1, 0.15) is 0 Å². The van der Waals surface area contributed by atoms with Crippen LogP contribution in [0.4, 0.5) is 0 Å². The standard InChI is InChI=1S/C27H22N2O5/c1-34-27(33)25(18-11-6-3-7-12-18)29-26(32)21-16-22(17-9-4-2-5-10-17)28-24-19(15-23(30)31)13-8-14-20(21)24/h2-14,16,25H,15H2,1H3,(H,29,32)(H,30,31). The molecule has 2 N–H and O–H groups in total. The predicted molar refractivity (Wildman–Crippen MR) is 127 cm³/mol. The molecule has 4 aromatic rings. The first kappa shape index (κ1) is 22.7. The van der Waals surface area contributed by atoms with E-state index in [0.29, 0.717) is 27.7 Å². The third kappa shape index (κ3) is 4.78. The Morgan fingerprint density at radius 2 is 1.62 bits per heavy atom. The summed E-state index contributed by atoms with van der Waals surface area (Å²) in [6.07, 6.45) is -0.238. The van der Waals surface area contributed by atoms with E-state index in [1.807, 2.05) is 36.4 Å². The summed E-state index contributed by atoms with van der Waals surface area (Å²) in [4.78, 5) is 42.1. The van der Waals surface area contributed by atoms with Gasteiger partial charge in [-0.05, 0) is 17.2 Å². The molecule has 7 heteroatoms. The summed E-state index contributed by atoms with van der Waals surface area (Å²) in [5.41, 5.74) is 3.06. The van der Waals surface area contributed by atoms with E-state index >= 15 is 0 Å². The van der Waals surface area contributed by atoms with E-state index in [0.717, 1.165) is 5.56 Å². The molecule has 0 spiro atoms. The Labute approximate surface area is 196 Å². The number of rotatable bonds is 7. The minimum Gasteiger partial charge on any atom is -0.481 e. The molecule has 34 heavy (non-hydrogen) atoms. The van der Waals surface area contributed by atoms with Crippen LogP contribution < -0.4 is 5.32 Å².